The Hall–Kier alpha value is -3.06. The van der Waals surface area contributed by atoms with Gasteiger partial charge in [-0.05, 0) is 42.5 Å². The Morgan fingerprint density at radius 2 is 2.19 bits per heavy atom. The van der Waals surface area contributed by atoms with Gasteiger partial charge in [-0.15, -0.1) is 6.58 Å². The van der Waals surface area contributed by atoms with Crippen molar-refractivity contribution < 1.29 is 4.79 Å². The van der Waals surface area contributed by atoms with E-state index in [4.69, 9.17) is 12.2 Å². The molecule has 3 rings (SSSR count). The quantitative estimate of drug-likeness (QED) is 0.519. The summed E-state index contributed by atoms with van der Waals surface area (Å²) >= 11 is 5.22. The number of aromatic amines is 1. The molecule has 0 bridgehead atoms. The number of carbonyl (C=O) groups excluding carboxylic acids is 1. The second-order valence-corrected chi connectivity index (χ2v) is 6.11. The van der Waals surface area contributed by atoms with E-state index in [1.807, 2.05) is 18.2 Å². The van der Waals surface area contributed by atoms with Crippen molar-refractivity contribution in [3.63, 3.8) is 0 Å². The minimum atomic E-state index is -0.211. The highest BCUT2D eigenvalue weighted by molar-refractivity contribution is 7.71. The molecular formula is C19H18N4O2S. The molecule has 6 nitrogen and oxygen atoms in total. The summed E-state index contributed by atoms with van der Waals surface area (Å²) in [6, 6.07) is 10.6. The minimum absolute atomic E-state index is 0.203. The first-order valence-corrected chi connectivity index (χ1v) is 8.57. The molecule has 0 unspecified atom stereocenters. The van der Waals surface area contributed by atoms with Crippen molar-refractivity contribution in [1.82, 2.24) is 19.9 Å². The first-order chi connectivity index (χ1) is 12.6. The Morgan fingerprint density at radius 1 is 1.35 bits per heavy atom. The fraction of sp³-hybridized carbons (Fsp3) is 0.158. The molecule has 1 aromatic carbocycles. The molecule has 7 heteroatoms. The van der Waals surface area contributed by atoms with Crippen LogP contribution in [0.3, 0.4) is 0 Å². The number of benzene rings is 1. The summed E-state index contributed by atoms with van der Waals surface area (Å²) in [7, 11) is 0. The highest BCUT2D eigenvalue weighted by Gasteiger charge is 2.10. The lowest BCUT2D eigenvalue weighted by Crippen LogP contribution is -2.26. The molecule has 132 valence electrons. The highest BCUT2D eigenvalue weighted by atomic mass is 32.1. The molecule has 0 aliphatic rings. The second kappa shape index (κ2) is 7.88. The summed E-state index contributed by atoms with van der Waals surface area (Å²) in [5, 5.41) is 3.33. The summed E-state index contributed by atoms with van der Waals surface area (Å²) in [5.41, 5.74) is 1.71. The number of aromatic nitrogens is 3. The molecule has 2 aromatic heterocycles. The standard InChI is InChI=1S/C19H18N4O2S/c1-2-11-23-18(25)15-7-6-13(12-16(15)22-19(23)26)17(24)21-10-8-14-5-3-4-9-20-14/h2-7,9,12H,1,8,10-11H2,(H,21,24)(H,22,26). The van der Waals surface area contributed by atoms with E-state index >= 15 is 0 Å². The molecule has 0 aliphatic heterocycles. The second-order valence-electron chi connectivity index (χ2n) is 5.72. The molecule has 0 saturated carbocycles. The fourth-order valence-corrected chi connectivity index (χ4v) is 2.91. The van der Waals surface area contributed by atoms with E-state index in [0.29, 0.717) is 40.7 Å². The Balaban J connectivity index is 1.79. The molecule has 0 atom stereocenters. The van der Waals surface area contributed by atoms with E-state index in [9.17, 15) is 9.59 Å². The predicted octanol–water partition coefficient (Wildman–Crippen LogP) is 2.61. The predicted molar refractivity (Wildman–Crippen MR) is 104 cm³/mol. The van der Waals surface area contributed by atoms with Gasteiger partial charge in [0.25, 0.3) is 11.5 Å². The number of hydrogen-bond donors (Lipinski definition) is 2. The van der Waals surface area contributed by atoms with Gasteiger partial charge in [-0.3, -0.25) is 19.1 Å². The SMILES string of the molecule is C=CCn1c(=S)[nH]c2cc(C(=O)NCCc3ccccn3)ccc2c1=O. The first kappa shape index (κ1) is 17.8. The van der Waals surface area contributed by atoms with Crippen molar-refractivity contribution in [1.29, 1.82) is 0 Å². The summed E-state index contributed by atoms with van der Waals surface area (Å²) in [6.45, 7) is 4.44. The van der Waals surface area contributed by atoms with Gasteiger partial charge in [0.15, 0.2) is 4.77 Å². The molecule has 26 heavy (non-hydrogen) atoms. The molecule has 0 spiro atoms. The molecule has 0 radical (unpaired) electrons. The average Bonchev–Trinajstić information content (AvgIpc) is 2.65. The summed E-state index contributed by atoms with van der Waals surface area (Å²) < 4.78 is 1.73. The fourth-order valence-electron chi connectivity index (χ4n) is 2.64. The Morgan fingerprint density at radius 3 is 2.92 bits per heavy atom. The zero-order valence-corrected chi connectivity index (χ0v) is 14.9. The van der Waals surface area contributed by atoms with Crippen molar-refractivity contribution >= 4 is 29.0 Å². The Kier molecular flexibility index (Phi) is 5.38. The van der Waals surface area contributed by atoms with Crippen LogP contribution in [-0.4, -0.2) is 27.0 Å². The van der Waals surface area contributed by atoms with Crippen LogP contribution in [-0.2, 0) is 13.0 Å². The van der Waals surface area contributed by atoms with Gasteiger partial charge in [-0.2, -0.15) is 0 Å². The third-order valence-electron chi connectivity index (χ3n) is 3.95. The lowest BCUT2D eigenvalue weighted by atomic mass is 10.1. The molecule has 0 saturated heterocycles. The maximum atomic E-state index is 12.5. The molecule has 1 amide bonds. The summed E-state index contributed by atoms with van der Waals surface area (Å²) in [5.74, 6) is -0.211. The van der Waals surface area contributed by atoms with Crippen molar-refractivity contribution in [3.05, 3.63) is 81.6 Å². The number of rotatable bonds is 6. The number of H-pyrrole nitrogens is 1. The maximum Gasteiger partial charge on any atom is 0.262 e. The van der Waals surface area contributed by atoms with E-state index in [1.54, 1.807) is 30.5 Å². The third kappa shape index (κ3) is 3.78. The van der Waals surface area contributed by atoms with E-state index < -0.39 is 0 Å². The minimum Gasteiger partial charge on any atom is -0.352 e. The van der Waals surface area contributed by atoms with E-state index in [2.05, 4.69) is 21.9 Å². The van der Waals surface area contributed by atoms with Crippen molar-refractivity contribution in [2.75, 3.05) is 6.54 Å². The molecule has 3 aromatic rings. The van der Waals surface area contributed by atoms with Gasteiger partial charge >= 0.3 is 0 Å². The number of nitrogens with zero attached hydrogens (tertiary/aromatic N) is 2. The number of amides is 1. The average molecular weight is 366 g/mol. The van der Waals surface area contributed by atoms with Gasteiger partial charge in [0.05, 0.1) is 10.9 Å². The molecule has 2 N–H and O–H groups in total. The number of pyridine rings is 1. The lowest BCUT2D eigenvalue weighted by Gasteiger charge is -2.08. The Bertz CT molecular complexity index is 1070. The zero-order chi connectivity index (χ0) is 18.5. The van der Waals surface area contributed by atoms with Crippen LogP contribution in [0.25, 0.3) is 10.9 Å². The monoisotopic (exact) mass is 366 g/mol. The molecule has 2 heterocycles. The van der Waals surface area contributed by atoms with Gasteiger partial charge < -0.3 is 10.3 Å². The lowest BCUT2D eigenvalue weighted by molar-refractivity contribution is 0.0954. The molecule has 0 fully saturated rings. The molecule has 0 aliphatic carbocycles. The van der Waals surface area contributed by atoms with Gasteiger partial charge in [0.2, 0.25) is 0 Å². The Labute approximate surface area is 155 Å². The van der Waals surface area contributed by atoms with E-state index in [1.165, 1.54) is 4.57 Å². The first-order valence-electron chi connectivity index (χ1n) is 8.16. The van der Waals surface area contributed by atoms with Crippen LogP contribution in [0, 0.1) is 4.77 Å². The normalized spacial score (nSPS) is 10.6. The van der Waals surface area contributed by atoms with Crippen LogP contribution < -0.4 is 10.9 Å². The highest BCUT2D eigenvalue weighted by Crippen LogP contribution is 2.11. The summed E-state index contributed by atoms with van der Waals surface area (Å²) in [6.07, 6.45) is 3.98. The van der Waals surface area contributed by atoms with E-state index in [0.717, 1.165) is 5.69 Å². The smallest absolute Gasteiger partial charge is 0.262 e. The number of nitrogens with one attached hydrogen (secondary N) is 2. The number of carbonyl (C=O) groups is 1. The molecular weight excluding hydrogens is 348 g/mol. The van der Waals surface area contributed by atoms with Crippen LogP contribution in [0.4, 0.5) is 0 Å². The van der Waals surface area contributed by atoms with Gasteiger partial charge in [-0.25, -0.2) is 0 Å². The van der Waals surface area contributed by atoms with Gasteiger partial charge in [-0.1, -0.05) is 12.1 Å². The van der Waals surface area contributed by atoms with Gasteiger partial charge in [0.1, 0.15) is 0 Å². The number of allylic oxidation sites excluding steroid dienone is 1. The number of fused-ring (bicyclic) bond motifs is 1. The van der Waals surface area contributed by atoms with Crippen molar-refractivity contribution in [2.45, 2.75) is 13.0 Å². The van der Waals surface area contributed by atoms with Crippen LogP contribution in [0.15, 0.2) is 60.0 Å². The largest absolute Gasteiger partial charge is 0.352 e. The van der Waals surface area contributed by atoms with Gasteiger partial charge in [0, 0.05) is 37.0 Å². The van der Waals surface area contributed by atoms with E-state index in [-0.39, 0.29) is 11.5 Å². The van der Waals surface area contributed by atoms with Crippen LogP contribution in [0.2, 0.25) is 0 Å². The topological polar surface area (TPSA) is 79.8 Å². The number of hydrogen-bond acceptors (Lipinski definition) is 4. The van der Waals surface area contributed by atoms with Crippen molar-refractivity contribution in [3.8, 4) is 0 Å². The maximum absolute atomic E-state index is 12.5. The third-order valence-corrected chi connectivity index (χ3v) is 4.27. The van der Waals surface area contributed by atoms with Crippen molar-refractivity contribution in [2.24, 2.45) is 0 Å². The summed E-state index contributed by atoms with van der Waals surface area (Å²) in [4.78, 5) is 32.0. The van der Waals surface area contributed by atoms with Crippen LogP contribution >= 0.6 is 12.2 Å². The zero-order valence-electron chi connectivity index (χ0n) is 14.1. The van der Waals surface area contributed by atoms with Crippen LogP contribution in [0.1, 0.15) is 16.1 Å². The van der Waals surface area contributed by atoms with Crippen LogP contribution in [0.5, 0.6) is 0 Å².